The molecule has 6 heteroatoms. The molecule has 0 aliphatic heterocycles. The van der Waals surface area contributed by atoms with Gasteiger partial charge >= 0.3 is 0 Å². The van der Waals surface area contributed by atoms with E-state index in [4.69, 9.17) is 0 Å². The number of aromatic hydroxyl groups is 1. The molecule has 0 saturated carbocycles. The van der Waals surface area contributed by atoms with E-state index in [9.17, 15) is 9.90 Å². The maximum atomic E-state index is 12.1. The second kappa shape index (κ2) is 8.98. The van der Waals surface area contributed by atoms with Crippen LogP contribution >= 0.6 is 31.9 Å². The van der Waals surface area contributed by atoms with E-state index in [0.29, 0.717) is 21.8 Å². The predicted octanol–water partition coefficient (Wildman–Crippen LogP) is 6.31. The number of benzene rings is 4. The average Bonchev–Trinajstić information content (AvgIpc) is 2.74. The first-order valence-electron chi connectivity index (χ1n) is 9.41. The van der Waals surface area contributed by atoms with Crippen LogP contribution in [0.25, 0.3) is 21.5 Å². The lowest BCUT2D eigenvalue weighted by atomic mass is 10.00. The number of fused-ring (bicyclic) bond motifs is 2. The Balaban J connectivity index is 1.38. The summed E-state index contributed by atoms with van der Waals surface area (Å²) < 4.78 is 1.10. The number of carbonyl (C=O) groups excluding carboxylic acids is 1. The van der Waals surface area contributed by atoms with E-state index in [1.54, 1.807) is 12.1 Å². The van der Waals surface area contributed by atoms with E-state index >= 15 is 0 Å². The van der Waals surface area contributed by atoms with Gasteiger partial charge in [0, 0.05) is 6.42 Å². The zero-order chi connectivity index (χ0) is 21.1. The van der Waals surface area contributed by atoms with Crippen molar-refractivity contribution in [3.8, 4) is 5.75 Å². The number of carbonyl (C=O) groups is 1. The van der Waals surface area contributed by atoms with Gasteiger partial charge in [-0.2, -0.15) is 5.10 Å². The van der Waals surface area contributed by atoms with E-state index < -0.39 is 0 Å². The molecule has 0 unspecified atom stereocenters. The zero-order valence-corrected chi connectivity index (χ0v) is 19.1. The molecule has 0 atom stereocenters. The number of phenolic OH excluding ortho intramolecular Hbond substituents is 1. The number of nitrogens with one attached hydrogen (secondary N) is 1. The van der Waals surface area contributed by atoms with Crippen LogP contribution in [0.4, 0.5) is 0 Å². The fourth-order valence-electron chi connectivity index (χ4n) is 3.30. The maximum absolute atomic E-state index is 12.1. The minimum atomic E-state index is -0.151. The van der Waals surface area contributed by atoms with Crippen molar-refractivity contribution in [3.05, 3.63) is 86.8 Å². The highest BCUT2D eigenvalue weighted by atomic mass is 79.9. The van der Waals surface area contributed by atoms with Crippen LogP contribution in [0.1, 0.15) is 17.5 Å². The predicted molar refractivity (Wildman–Crippen MR) is 129 cm³/mol. The molecule has 0 spiro atoms. The van der Waals surface area contributed by atoms with Crippen LogP contribution in [0, 0.1) is 0 Å². The smallest absolute Gasteiger partial charge is 0.240 e. The highest BCUT2D eigenvalue weighted by Crippen LogP contribution is 2.32. The Morgan fingerprint density at radius 1 is 0.900 bits per heavy atom. The first-order chi connectivity index (χ1) is 14.5. The van der Waals surface area contributed by atoms with Gasteiger partial charge in [-0.3, -0.25) is 4.79 Å². The summed E-state index contributed by atoms with van der Waals surface area (Å²) in [7, 11) is 0. The zero-order valence-electron chi connectivity index (χ0n) is 15.9. The first kappa shape index (κ1) is 20.6. The van der Waals surface area contributed by atoms with E-state index in [1.165, 1.54) is 27.8 Å². The number of rotatable bonds is 5. The Labute approximate surface area is 190 Å². The number of amides is 1. The molecule has 4 aromatic carbocycles. The van der Waals surface area contributed by atoms with Crippen LogP contribution < -0.4 is 5.43 Å². The van der Waals surface area contributed by atoms with Gasteiger partial charge in [-0.05, 0) is 95.2 Å². The summed E-state index contributed by atoms with van der Waals surface area (Å²) in [6, 6.07) is 22.4. The van der Waals surface area contributed by atoms with Crippen molar-refractivity contribution in [2.75, 3.05) is 0 Å². The molecule has 0 aliphatic rings. The van der Waals surface area contributed by atoms with Crippen LogP contribution in [0.5, 0.6) is 5.75 Å². The number of nitrogens with zero attached hydrogens (tertiary/aromatic N) is 1. The molecular formula is C24H18Br2N2O2. The summed E-state index contributed by atoms with van der Waals surface area (Å²) in [5, 5.41) is 18.5. The molecule has 0 heterocycles. The molecule has 4 nitrogen and oxygen atoms in total. The Morgan fingerprint density at radius 2 is 1.53 bits per heavy atom. The molecule has 2 N–H and O–H groups in total. The molecule has 0 radical (unpaired) electrons. The minimum Gasteiger partial charge on any atom is -0.506 e. The summed E-state index contributed by atoms with van der Waals surface area (Å²) in [6.07, 6.45) is 2.52. The van der Waals surface area contributed by atoms with Gasteiger partial charge in [-0.15, -0.1) is 0 Å². The Hall–Kier alpha value is -2.70. The number of halogens is 2. The number of hydrazone groups is 1. The molecule has 0 saturated heterocycles. The fraction of sp³-hybridized carbons (Fsp3) is 0.0833. The molecule has 4 aromatic rings. The first-order valence-corrected chi connectivity index (χ1v) is 11.0. The van der Waals surface area contributed by atoms with Crippen molar-refractivity contribution >= 4 is 65.5 Å². The third kappa shape index (κ3) is 4.71. The van der Waals surface area contributed by atoms with Crippen LogP contribution in [-0.4, -0.2) is 17.2 Å². The maximum Gasteiger partial charge on any atom is 0.240 e. The van der Waals surface area contributed by atoms with Gasteiger partial charge in [-0.25, -0.2) is 5.43 Å². The number of aryl methyl sites for hydroxylation is 1. The standard InChI is InChI=1S/C24H18Br2N2O2/c25-21-10-16(11-22(26)24(21)30)14-27-28-23(29)8-6-15-5-7-19-12-17-3-1-2-4-18(17)13-20(19)9-15/h1-5,7,9-14,30H,6,8H2,(H,28,29)/b27-14-. The van der Waals surface area contributed by atoms with Crippen molar-refractivity contribution in [2.24, 2.45) is 5.10 Å². The molecule has 150 valence electrons. The largest absolute Gasteiger partial charge is 0.506 e. The van der Waals surface area contributed by atoms with Gasteiger partial charge < -0.3 is 5.11 Å². The summed E-state index contributed by atoms with van der Waals surface area (Å²) in [5.74, 6) is -0.0265. The van der Waals surface area contributed by atoms with Crippen LogP contribution in [0.2, 0.25) is 0 Å². The third-order valence-electron chi connectivity index (χ3n) is 4.85. The normalized spacial score (nSPS) is 11.4. The highest BCUT2D eigenvalue weighted by Gasteiger charge is 2.06. The highest BCUT2D eigenvalue weighted by molar-refractivity contribution is 9.11. The average molecular weight is 526 g/mol. The minimum absolute atomic E-state index is 0.125. The van der Waals surface area contributed by atoms with Gasteiger partial charge in [0.15, 0.2) is 0 Å². The van der Waals surface area contributed by atoms with Crippen molar-refractivity contribution in [2.45, 2.75) is 12.8 Å². The van der Waals surface area contributed by atoms with Crippen LogP contribution in [-0.2, 0) is 11.2 Å². The number of phenols is 1. The molecule has 0 aromatic heterocycles. The SMILES string of the molecule is O=C(CCc1ccc2cc3ccccc3cc2c1)N/N=C\c1cc(Br)c(O)c(Br)c1. The number of hydrogen-bond acceptors (Lipinski definition) is 3. The molecule has 4 rings (SSSR count). The molecular weight excluding hydrogens is 508 g/mol. The second-order valence-electron chi connectivity index (χ2n) is 7.01. The molecule has 1 amide bonds. The quantitative estimate of drug-likeness (QED) is 0.182. The van der Waals surface area contributed by atoms with Gasteiger partial charge in [0.05, 0.1) is 15.2 Å². The molecule has 30 heavy (non-hydrogen) atoms. The van der Waals surface area contributed by atoms with Crippen LogP contribution in [0.3, 0.4) is 0 Å². The monoisotopic (exact) mass is 524 g/mol. The van der Waals surface area contributed by atoms with Gasteiger partial charge in [0.1, 0.15) is 5.75 Å². The van der Waals surface area contributed by atoms with E-state index in [1.807, 2.05) is 12.1 Å². The topological polar surface area (TPSA) is 61.7 Å². The van der Waals surface area contributed by atoms with Crippen molar-refractivity contribution in [1.29, 1.82) is 0 Å². The van der Waals surface area contributed by atoms with Crippen molar-refractivity contribution in [3.63, 3.8) is 0 Å². The van der Waals surface area contributed by atoms with Gasteiger partial charge in [0.25, 0.3) is 0 Å². The lowest BCUT2D eigenvalue weighted by Gasteiger charge is -2.06. The molecule has 0 aliphatic carbocycles. The lowest BCUT2D eigenvalue weighted by molar-refractivity contribution is -0.121. The second-order valence-corrected chi connectivity index (χ2v) is 8.72. The lowest BCUT2D eigenvalue weighted by Crippen LogP contribution is -2.17. The summed E-state index contributed by atoms with van der Waals surface area (Å²) in [5.41, 5.74) is 4.41. The van der Waals surface area contributed by atoms with Gasteiger partial charge in [0.2, 0.25) is 5.91 Å². The Bertz CT molecular complexity index is 1260. The summed E-state index contributed by atoms with van der Waals surface area (Å²) in [4.78, 5) is 12.1. The molecule has 0 bridgehead atoms. The van der Waals surface area contributed by atoms with Crippen molar-refractivity contribution in [1.82, 2.24) is 5.43 Å². The number of hydrogen-bond donors (Lipinski definition) is 2. The van der Waals surface area contributed by atoms with E-state index in [0.717, 1.165) is 11.1 Å². The summed E-state index contributed by atoms with van der Waals surface area (Å²) in [6.45, 7) is 0. The van der Waals surface area contributed by atoms with Gasteiger partial charge in [-0.1, -0.05) is 42.5 Å². The van der Waals surface area contributed by atoms with Crippen molar-refractivity contribution < 1.29 is 9.90 Å². The molecule has 0 fully saturated rings. The third-order valence-corrected chi connectivity index (χ3v) is 6.06. The Kier molecular flexibility index (Phi) is 6.16. The Morgan fingerprint density at radius 3 is 2.23 bits per heavy atom. The van der Waals surface area contributed by atoms with E-state index in [-0.39, 0.29) is 11.7 Å². The van der Waals surface area contributed by atoms with Crippen LogP contribution in [0.15, 0.2) is 80.8 Å². The fourth-order valence-corrected chi connectivity index (χ4v) is 4.52. The summed E-state index contributed by atoms with van der Waals surface area (Å²) >= 11 is 6.54. The van der Waals surface area contributed by atoms with E-state index in [2.05, 4.69) is 84.9 Å².